The highest BCUT2D eigenvalue weighted by Gasteiger charge is 2.31. The number of nitrogens with zero attached hydrogens (tertiary/aromatic N) is 3. The number of amides is 1. The van der Waals surface area contributed by atoms with Crippen LogP contribution in [0.5, 0.6) is 0 Å². The predicted molar refractivity (Wildman–Crippen MR) is 104 cm³/mol. The normalized spacial score (nSPS) is 22.0. The van der Waals surface area contributed by atoms with Crippen LogP contribution in [0.15, 0.2) is 18.3 Å². The van der Waals surface area contributed by atoms with Crippen LogP contribution in [-0.2, 0) is 4.74 Å². The molecule has 0 bridgehead atoms. The van der Waals surface area contributed by atoms with E-state index < -0.39 is 5.60 Å². The van der Waals surface area contributed by atoms with Crippen molar-refractivity contribution in [1.82, 2.24) is 9.88 Å². The third kappa shape index (κ3) is 4.89. The van der Waals surface area contributed by atoms with E-state index in [9.17, 15) is 4.79 Å². The van der Waals surface area contributed by atoms with Crippen molar-refractivity contribution in [2.24, 2.45) is 0 Å². The molecule has 3 rings (SSSR count). The topological polar surface area (TPSA) is 45.7 Å². The van der Waals surface area contributed by atoms with Crippen LogP contribution in [0, 0.1) is 0 Å². The second-order valence-corrected chi connectivity index (χ2v) is 8.54. The van der Waals surface area contributed by atoms with Gasteiger partial charge in [0.2, 0.25) is 0 Å². The van der Waals surface area contributed by atoms with E-state index in [0.29, 0.717) is 0 Å². The van der Waals surface area contributed by atoms with Gasteiger partial charge in [-0.1, -0.05) is 18.9 Å². The Bertz CT molecular complexity index is 586. The molecule has 2 aliphatic heterocycles. The molecule has 2 aliphatic rings. The van der Waals surface area contributed by atoms with Gasteiger partial charge < -0.3 is 14.5 Å². The van der Waals surface area contributed by atoms with Gasteiger partial charge in [-0.05, 0) is 64.5 Å². The fourth-order valence-electron chi connectivity index (χ4n) is 3.90. The molecule has 5 nitrogen and oxygen atoms in total. The third-order valence-corrected chi connectivity index (χ3v) is 5.22. The summed E-state index contributed by atoms with van der Waals surface area (Å²) < 4.78 is 5.62. The lowest BCUT2D eigenvalue weighted by atomic mass is 9.97. The maximum Gasteiger partial charge on any atom is 0.410 e. The third-order valence-electron chi connectivity index (χ3n) is 5.22. The minimum Gasteiger partial charge on any atom is -0.444 e. The first-order valence-electron chi connectivity index (χ1n) is 10.1. The van der Waals surface area contributed by atoms with Crippen LogP contribution in [0.25, 0.3) is 0 Å². The highest BCUT2D eigenvalue weighted by Crippen LogP contribution is 2.32. The van der Waals surface area contributed by atoms with Crippen molar-refractivity contribution in [3.8, 4) is 0 Å². The van der Waals surface area contributed by atoms with Gasteiger partial charge in [0.25, 0.3) is 0 Å². The van der Waals surface area contributed by atoms with E-state index >= 15 is 0 Å². The number of piperidine rings is 1. The predicted octanol–water partition coefficient (Wildman–Crippen LogP) is 4.92. The van der Waals surface area contributed by atoms with Gasteiger partial charge in [-0.25, -0.2) is 9.78 Å². The summed E-state index contributed by atoms with van der Waals surface area (Å²) in [6.07, 6.45) is 10.0. The van der Waals surface area contributed by atoms with Gasteiger partial charge in [0.15, 0.2) is 0 Å². The van der Waals surface area contributed by atoms with Gasteiger partial charge in [-0.15, -0.1) is 0 Å². The molecular formula is C21H33N3O2. The number of rotatable bonds is 2. The molecule has 0 unspecified atom stereocenters. The molecule has 0 spiro atoms. The summed E-state index contributed by atoms with van der Waals surface area (Å²) in [5.74, 6) is 1.07. The van der Waals surface area contributed by atoms with Crippen LogP contribution < -0.4 is 4.90 Å². The minimum absolute atomic E-state index is 0.0734. The average molecular weight is 360 g/mol. The summed E-state index contributed by atoms with van der Waals surface area (Å²) in [7, 11) is 0. The molecule has 1 atom stereocenters. The number of hydrogen-bond acceptors (Lipinski definition) is 4. The van der Waals surface area contributed by atoms with Crippen molar-refractivity contribution in [2.75, 3.05) is 24.5 Å². The Hall–Kier alpha value is -1.78. The summed E-state index contributed by atoms with van der Waals surface area (Å²) in [6, 6.07) is 4.35. The highest BCUT2D eigenvalue weighted by molar-refractivity contribution is 5.69. The Labute approximate surface area is 157 Å². The Kier molecular flexibility index (Phi) is 6.05. The molecule has 2 saturated heterocycles. The molecule has 26 heavy (non-hydrogen) atoms. The van der Waals surface area contributed by atoms with Gasteiger partial charge in [0, 0.05) is 25.8 Å². The second-order valence-electron chi connectivity index (χ2n) is 8.54. The first-order chi connectivity index (χ1) is 12.4. The molecule has 0 saturated carbocycles. The maximum atomic E-state index is 12.6. The van der Waals surface area contributed by atoms with E-state index in [1.807, 2.05) is 31.9 Å². The molecule has 1 amide bonds. The Morgan fingerprint density at radius 3 is 2.35 bits per heavy atom. The van der Waals surface area contributed by atoms with E-state index in [2.05, 4.69) is 17.0 Å². The first-order valence-corrected chi connectivity index (χ1v) is 10.1. The molecule has 2 fully saturated rings. The second kappa shape index (κ2) is 8.28. The Balaban J connectivity index is 1.72. The summed E-state index contributed by atoms with van der Waals surface area (Å²) in [4.78, 5) is 21.6. The molecular weight excluding hydrogens is 326 g/mol. The van der Waals surface area contributed by atoms with Crippen LogP contribution in [0.1, 0.15) is 77.3 Å². The van der Waals surface area contributed by atoms with E-state index in [1.54, 1.807) is 0 Å². The Morgan fingerprint density at radius 1 is 1.04 bits per heavy atom. The molecule has 0 N–H and O–H groups in total. The monoisotopic (exact) mass is 359 g/mol. The number of anilines is 1. The summed E-state index contributed by atoms with van der Waals surface area (Å²) in [5, 5.41) is 0. The number of pyridine rings is 1. The van der Waals surface area contributed by atoms with E-state index in [-0.39, 0.29) is 12.1 Å². The lowest BCUT2D eigenvalue weighted by Gasteiger charge is -2.37. The first kappa shape index (κ1) is 19.0. The lowest BCUT2D eigenvalue weighted by Crippen LogP contribution is -2.41. The van der Waals surface area contributed by atoms with Crippen molar-refractivity contribution < 1.29 is 9.53 Å². The van der Waals surface area contributed by atoms with Gasteiger partial charge in [-0.3, -0.25) is 0 Å². The number of hydrogen-bond donors (Lipinski definition) is 0. The largest absolute Gasteiger partial charge is 0.444 e. The van der Waals surface area contributed by atoms with Crippen molar-refractivity contribution in [2.45, 2.75) is 77.4 Å². The average Bonchev–Trinajstić information content (AvgIpc) is 2.90. The summed E-state index contributed by atoms with van der Waals surface area (Å²) in [6.45, 7) is 8.71. The van der Waals surface area contributed by atoms with Crippen molar-refractivity contribution in [3.63, 3.8) is 0 Å². The molecule has 0 aromatic carbocycles. The maximum absolute atomic E-state index is 12.6. The smallest absolute Gasteiger partial charge is 0.410 e. The minimum atomic E-state index is -0.464. The quantitative estimate of drug-likeness (QED) is 0.751. The lowest BCUT2D eigenvalue weighted by molar-refractivity contribution is 0.00948. The van der Waals surface area contributed by atoms with Crippen LogP contribution in [0.4, 0.5) is 10.6 Å². The Morgan fingerprint density at radius 2 is 1.73 bits per heavy atom. The van der Waals surface area contributed by atoms with Crippen LogP contribution in [0.3, 0.4) is 0 Å². The zero-order chi connectivity index (χ0) is 18.6. The molecule has 1 aromatic rings. The number of likely N-dealkylation sites (tertiary alicyclic amines) is 1. The van der Waals surface area contributed by atoms with Gasteiger partial charge in [-0.2, -0.15) is 0 Å². The van der Waals surface area contributed by atoms with Crippen LogP contribution in [-0.4, -0.2) is 41.2 Å². The highest BCUT2D eigenvalue weighted by atomic mass is 16.6. The van der Waals surface area contributed by atoms with E-state index in [1.165, 1.54) is 25.7 Å². The fourth-order valence-corrected chi connectivity index (χ4v) is 3.90. The molecule has 0 radical (unpaired) electrons. The van der Waals surface area contributed by atoms with Crippen LogP contribution in [0.2, 0.25) is 0 Å². The van der Waals surface area contributed by atoms with Crippen molar-refractivity contribution in [1.29, 1.82) is 0 Å². The van der Waals surface area contributed by atoms with Gasteiger partial charge in [0.1, 0.15) is 11.4 Å². The van der Waals surface area contributed by atoms with Crippen LogP contribution >= 0.6 is 0 Å². The number of carbonyl (C=O) groups excluding carboxylic acids is 1. The molecule has 144 valence electrons. The summed E-state index contributed by atoms with van der Waals surface area (Å²) >= 11 is 0. The van der Waals surface area contributed by atoms with Gasteiger partial charge in [0.05, 0.1) is 6.04 Å². The van der Waals surface area contributed by atoms with Crippen molar-refractivity contribution >= 4 is 11.9 Å². The van der Waals surface area contributed by atoms with Gasteiger partial charge >= 0.3 is 6.09 Å². The van der Waals surface area contributed by atoms with E-state index in [0.717, 1.165) is 50.3 Å². The zero-order valence-corrected chi connectivity index (χ0v) is 16.5. The number of aromatic nitrogens is 1. The summed E-state index contributed by atoms with van der Waals surface area (Å²) in [5.41, 5.74) is 0.655. The molecule has 5 heteroatoms. The number of ether oxygens (including phenoxy) is 1. The molecule has 0 aliphatic carbocycles. The standard InChI is InChI=1S/C21H33N3O2/c1-21(2,3)26-20(25)24-15-9-6-10-18(24)17-11-12-19(22-16-17)23-13-7-4-5-8-14-23/h11-12,16,18H,4-10,13-15H2,1-3H3/t18-/m0/s1. The molecule has 1 aromatic heterocycles. The SMILES string of the molecule is CC(C)(C)OC(=O)N1CCCC[C@H]1c1ccc(N2CCCCCC2)nc1. The van der Waals surface area contributed by atoms with Crippen molar-refractivity contribution in [3.05, 3.63) is 23.9 Å². The molecule has 3 heterocycles. The zero-order valence-electron chi connectivity index (χ0n) is 16.5. The van der Waals surface area contributed by atoms with E-state index in [4.69, 9.17) is 9.72 Å². The number of carbonyl (C=O) groups is 1. The fraction of sp³-hybridized carbons (Fsp3) is 0.714.